The molecule has 0 aliphatic heterocycles. The van der Waals surface area contributed by atoms with Gasteiger partial charge < -0.3 is 10.3 Å². The topological polar surface area (TPSA) is 44.9 Å². The summed E-state index contributed by atoms with van der Waals surface area (Å²) in [4.78, 5) is 15.6. The van der Waals surface area contributed by atoms with E-state index in [1.807, 2.05) is 38.2 Å². The van der Waals surface area contributed by atoms with E-state index in [2.05, 4.69) is 10.3 Å². The Hall–Kier alpha value is -1.48. The van der Waals surface area contributed by atoms with Gasteiger partial charge in [0.2, 0.25) is 5.91 Å². The molecule has 0 spiro atoms. The summed E-state index contributed by atoms with van der Waals surface area (Å²) in [6, 6.07) is 5.92. The predicted molar refractivity (Wildman–Crippen MR) is 77.5 cm³/mol. The largest absolute Gasteiger partial charge is 0.361 e. The molecule has 100 valence electrons. The Morgan fingerprint density at radius 2 is 2.16 bits per heavy atom. The van der Waals surface area contributed by atoms with Crippen LogP contribution in [0.3, 0.4) is 0 Å². The number of halogens is 1. The van der Waals surface area contributed by atoms with E-state index in [9.17, 15) is 4.79 Å². The number of aromatic nitrogens is 1. The highest BCUT2D eigenvalue weighted by molar-refractivity contribution is 6.31. The van der Waals surface area contributed by atoms with E-state index >= 15 is 0 Å². The van der Waals surface area contributed by atoms with Crippen molar-refractivity contribution in [3.63, 3.8) is 0 Å². The minimum atomic E-state index is -0.354. The van der Waals surface area contributed by atoms with Crippen molar-refractivity contribution in [2.45, 2.75) is 38.1 Å². The van der Waals surface area contributed by atoms with Gasteiger partial charge >= 0.3 is 0 Å². The first-order chi connectivity index (χ1) is 9.03. The summed E-state index contributed by atoms with van der Waals surface area (Å²) in [7, 11) is 0. The minimum Gasteiger partial charge on any atom is -0.361 e. The van der Waals surface area contributed by atoms with E-state index < -0.39 is 0 Å². The Morgan fingerprint density at radius 3 is 2.79 bits per heavy atom. The summed E-state index contributed by atoms with van der Waals surface area (Å²) in [6.45, 7) is 3.97. The normalized spacial score (nSPS) is 16.8. The summed E-state index contributed by atoms with van der Waals surface area (Å²) in [5.41, 5.74) is 1.75. The molecule has 2 N–H and O–H groups in total. The number of hydrogen-bond donors (Lipinski definition) is 2. The van der Waals surface area contributed by atoms with Crippen LogP contribution < -0.4 is 5.32 Å². The maximum absolute atomic E-state index is 12.4. The minimum absolute atomic E-state index is 0.128. The molecule has 4 heteroatoms. The first kappa shape index (κ1) is 12.5. The molecule has 2 aromatic rings. The Balaban J connectivity index is 2.04. The second-order valence-corrected chi connectivity index (χ2v) is 6.04. The third kappa shape index (κ3) is 2.02. The molecule has 3 nitrogen and oxygen atoms in total. The lowest BCUT2D eigenvalue weighted by Gasteiger charge is -2.17. The van der Waals surface area contributed by atoms with Crippen LogP contribution in [0.15, 0.2) is 24.4 Å². The molecule has 0 radical (unpaired) electrons. The molecular weight excluding hydrogens is 260 g/mol. The number of H-pyrrole nitrogens is 1. The van der Waals surface area contributed by atoms with Crippen LogP contribution in [-0.4, -0.2) is 16.9 Å². The van der Waals surface area contributed by atoms with Gasteiger partial charge in [-0.3, -0.25) is 4.79 Å². The van der Waals surface area contributed by atoms with E-state index in [0.717, 1.165) is 29.3 Å². The molecule has 1 aliphatic rings. The average Bonchev–Trinajstić information content (AvgIpc) is 3.04. The first-order valence-electron chi connectivity index (χ1n) is 6.61. The third-order valence-corrected chi connectivity index (χ3v) is 4.00. The predicted octanol–water partition coefficient (Wildman–Crippen LogP) is 3.38. The van der Waals surface area contributed by atoms with Gasteiger partial charge in [-0.25, -0.2) is 0 Å². The lowest BCUT2D eigenvalue weighted by atomic mass is 9.94. The van der Waals surface area contributed by atoms with Gasteiger partial charge in [0, 0.05) is 28.2 Å². The van der Waals surface area contributed by atoms with Crippen LogP contribution in [0.4, 0.5) is 0 Å². The van der Waals surface area contributed by atoms with Gasteiger partial charge in [-0.05, 0) is 50.5 Å². The maximum atomic E-state index is 12.4. The Labute approximate surface area is 117 Å². The molecule has 1 amide bonds. The monoisotopic (exact) mass is 276 g/mol. The highest BCUT2D eigenvalue weighted by atomic mass is 35.5. The Bertz CT molecular complexity index is 641. The molecule has 1 aromatic heterocycles. The Morgan fingerprint density at radius 1 is 1.42 bits per heavy atom. The molecule has 1 aromatic carbocycles. The number of rotatable bonds is 3. The summed E-state index contributed by atoms with van der Waals surface area (Å²) in [5.74, 6) is 0.128. The van der Waals surface area contributed by atoms with Crippen LogP contribution in [0.25, 0.3) is 10.9 Å². The fourth-order valence-electron chi connectivity index (χ4n) is 2.63. The number of carbonyl (C=O) groups is 1. The molecule has 1 heterocycles. The zero-order chi connectivity index (χ0) is 13.6. The molecule has 1 aliphatic carbocycles. The van der Waals surface area contributed by atoms with Gasteiger partial charge in [-0.15, -0.1) is 0 Å². The van der Waals surface area contributed by atoms with Gasteiger partial charge in [-0.1, -0.05) is 11.6 Å². The van der Waals surface area contributed by atoms with Crippen molar-refractivity contribution in [3.05, 3.63) is 35.0 Å². The quantitative estimate of drug-likeness (QED) is 0.887. The molecule has 19 heavy (non-hydrogen) atoms. The zero-order valence-electron chi connectivity index (χ0n) is 11.1. The van der Waals surface area contributed by atoms with E-state index in [4.69, 9.17) is 11.6 Å². The van der Waals surface area contributed by atoms with E-state index in [0.29, 0.717) is 5.02 Å². The molecule has 3 rings (SSSR count). The number of hydrogen-bond acceptors (Lipinski definition) is 1. The van der Waals surface area contributed by atoms with Crippen molar-refractivity contribution in [1.82, 2.24) is 10.3 Å². The van der Waals surface area contributed by atoms with Crippen molar-refractivity contribution < 1.29 is 4.79 Å². The number of amides is 1. The second-order valence-electron chi connectivity index (χ2n) is 5.60. The summed E-state index contributed by atoms with van der Waals surface area (Å²) >= 11 is 6.07. The smallest absolute Gasteiger partial charge is 0.230 e. The molecule has 1 fully saturated rings. The highest BCUT2D eigenvalue weighted by Crippen LogP contribution is 2.50. The van der Waals surface area contributed by atoms with Crippen molar-refractivity contribution in [3.8, 4) is 0 Å². The SMILES string of the molecule is CC(C)NC(=O)C1(c2c[nH]c3ccc(Cl)cc23)CC1. The van der Waals surface area contributed by atoms with Gasteiger partial charge in [0.05, 0.1) is 5.41 Å². The molecular formula is C15H17ClN2O. The highest BCUT2D eigenvalue weighted by Gasteiger charge is 2.52. The second kappa shape index (κ2) is 4.27. The molecule has 1 saturated carbocycles. The van der Waals surface area contributed by atoms with Crippen molar-refractivity contribution >= 4 is 28.4 Å². The molecule has 0 bridgehead atoms. The van der Waals surface area contributed by atoms with Crippen LogP contribution in [0.2, 0.25) is 5.02 Å². The molecule has 0 atom stereocenters. The Kier molecular flexibility index (Phi) is 2.82. The summed E-state index contributed by atoms with van der Waals surface area (Å²) < 4.78 is 0. The summed E-state index contributed by atoms with van der Waals surface area (Å²) in [5, 5.41) is 4.79. The van der Waals surface area contributed by atoms with Crippen LogP contribution in [0, 0.1) is 0 Å². The van der Waals surface area contributed by atoms with Crippen LogP contribution >= 0.6 is 11.6 Å². The van der Waals surface area contributed by atoms with E-state index in [-0.39, 0.29) is 17.4 Å². The number of fused-ring (bicyclic) bond motifs is 1. The lowest BCUT2D eigenvalue weighted by molar-refractivity contribution is -0.124. The van der Waals surface area contributed by atoms with E-state index in [1.54, 1.807) is 0 Å². The third-order valence-electron chi connectivity index (χ3n) is 3.76. The average molecular weight is 277 g/mol. The van der Waals surface area contributed by atoms with Gasteiger partial charge in [-0.2, -0.15) is 0 Å². The van der Waals surface area contributed by atoms with E-state index in [1.165, 1.54) is 0 Å². The van der Waals surface area contributed by atoms with Gasteiger partial charge in [0.25, 0.3) is 0 Å². The lowest BCUT2D eigenvalue weighted by Crippen LogP contribution is -2.38. The van der Waals surface area contributed by atoms with Gasteiger partial charge in [0.15, 0.2) is 0 Å². The fraction of sp³-hybridized carbons (Fsp3) is 0.400. The number of carbonyl (C=O) groups excluding carboxylic acids is 1. The zero-order valence-corrected chi connectivity index (χ0v) is 11.8. The molecule has 0 unspecified atom stereocenters. The first-order valence-corrected chi connectivity index (χ1v) is 6.99. The number of benzene rings is 1. The van der Waals surface area contributed by atoms with Gasteiger partial charge in [0.1, 0.15) is 0 Å². The summed E-state index contributed by atoms with van der Waals surface area (Å²) in [6.07, 6.45) is 3.77. The standard InChI is InChI=1S/C15H17ClN2O/c1-9(2)18-14(19)15(5-6-15)12-8-17-13-4-3-10(16)7-11(12)13/h3-4,7-9,17H,5-6H2,1-2H3,(H,18,19). The molecule has 0 saturated heterocycles. The van der Waals surface area contributed by atoms with Crippen LogP contribution in [0.5, 0.6) is 0 Å². The van der Waals surface area contributed by atoms with Crippen molar-refractivity contribution in [2.75, 3.05) is 0 Å². The number of aromatic amines is 1. The van der Waals surface area contributed by atoms with Crippen molar-refractivity contribution in [1.29, 1.82) is 0 Å². The van der Waals surface area contributed by atoms with Crippen LogP contribution in [0.1, 0.15) is 32.3 Å². The van der Waals surface area contributed by atoms with Crippen molar-refractivity contribution in [2.24, 2.45) is 0 Å². The van der Waals surface area contributed by atoms with Crippen LogP contribution in [-0.2, 0) is 10.2 Å². The fourth-order valence-corrected chi connectivity index (χ4v) is 2.80. The maximum Gasteiger partial charge on any atom is 0.230 e. The number of nitrogens with one attached hydrogen (secondary N) is 2.